The second-order valence-electron chi connectivity index (χ2n) is 3.84. The number of aryl methyl sites for hydroxylation is 1. The molecule has 2 heteroatoms. The molecule has 2 nitrogen and oxygen atoms in total. The summed E-state index contributed by atoms with van der Waals surface area (Å²) in [4.78, 5) is 4.44. The van der Waals surface area contributed by atoms with Crippen LogP contribution in [0.3, 0.4) is 0 Å². The van der Waals surface area contributed by atoms with Crippen molar-refractivity contribution < 1.29 is 0 Å². The van der Waals surface area contributed by atoms with E-state index in [-0.39, 0.29) is 0 Å². The zero-order valence-corrected chi connectivity index (χ0v) is 7.70. The van der Waals surface area contributed by atoms with E-state index in [4.69, 9.17) is 0 Å². The van der Waals surface area contributed by atoms with Gasteiger partial charge in [-0.1, -0.05) is 12.1 Å². The molecule has 1 aromatic carbocycles. The van der Waals surface area contributed by atoms with Crippen LogP contribution in [0.15, 0.2) is 24.5 Å². The number of hydrogen-bond donors (Lipinski definition) is 0. The maximum atomic E-state index is 4.44. The Hall–Kier alpha value is -1.31. The van der Waals surface area contributed by atoms with Gasteiger partial charge in [-0.15, -0.1) is 0 Å². The quantitative estimate of drug-likeness (QED) is 0.646. The minimum absolute atomic E-state index is 0.790. The first kappa shape index (κ1) is 7.13. The van der Waals surface area contributed by atoms with Crippen LogP contribution in [0.25, 0.3) is 11.0 Å². The summed E-state index contributed by atoms with van der Waals surface area (Å²) < 4.78 is 2.08. The van der Waals surface area contributed by atoms with Gasteiger partial charge < -0.3 is 4.57 Å². The Labute approximate surface area is 77.2 Å². The van der Waals surface area contributed by atoms with Crippen LogP contribution in [0.4, 0.5) is 0 Å². The summed E-state index contributed by atoms with van der Waals surface area (Å²) in [6.45, 7) is 0. The lowest BCUT2D eigenvalue weighted by Gasteiger charge is -1.99. The van der Waals surface area contributed by atoms with Crippen molar-refractivity contribution >= 4 is 11.0 Å². The molecule has 0 unspecified atom stereocenters. The average molecular weight is 172 g/mol. The topological polar surface area (TPSA) is 17.8 Å². The largest absolute Gasteiger partial charge is 0.334 e. The molecule has 0 atom stereocenters. The fourth-order valence-electron chi connectivity index (χ4n) is 1.90. The standard InChI is InChI=1S/C11H12N2/c1-13-7-12-11-9(8-5-6-8)3-2-4-10(11)13/h2-4,7-8H,5-6H2,1H3. The zero-order valence-electron chi connectivity index (χ0n) is 7.70. The molecule has 13 heavy (non-hydrogen) atoms. The van der Waals surface area contributed by atoms with Crippen LogP contribution in [-0.4, -0.2) is 9.55 Å². The molecule has 1 fully saturated rings. The second-order valence-corrected chi connectivity index (χ2v) is 3.84. The predicted molar refractivity (Wildman–Crippen MR) is 52.7 cm³/mol. The van der Waals surface area contributed by atoms with Crippen LogP contribution in [0.2, 0.25) is 0 Å². The van der Waals surface area contributed by atoms with Gasteiger partial charge in [0.25, 0.3) is 0 Å². The van der Waals surface area contributed by atoms with E-state index in [9.17, 15) is 0 Å². The van der Waals surface area contributed by atoms with Crippen molar-refractivity contribution in [1.82, 2.24) is 9.55 Å². The summed E-state index contributed by atoms with van der Waals surface area (Å²) in [5.74, 6) is 0.790. The van der Waals surface area contributed by atoms with Gasteiger partial charge in [-0.25, -0.2) is 4.98 Å². The van der Waals surface area contributed by atoms with E-state index in [1.54, 1.807) is 0 Å². The molecule has 0 amide bonds. The second kappa shape index (κ2) is 2.34. The Morgan fingerprint density at radius 1 is 1.38 bits per heavy atom. The summed E-state index contributed by atoms with van der Waals surface area (Å²) in [5, 5.41) is 0. The van der Waals surface area contributed by atoms with E-state index >= 15 is 0 Å². The number of nitrogens with zero attached hydrogens (tertiary/aromatic N) is 2. The highest BCUT2D eigenvalue weighted by Crippen LogP contribution is 2.42. The molecule has 0 N–H and O–H groups in total. The molecule has 0 spiro atoms. The number of fused-ring (bicyclic) bond motifs is 1. The maximum Gasteiger partial charge on any atom is 0.0955 e. The smallest absolute Gasteiger partial charge is 0.0955 e. The molecule has 1 heterocycles. The van der Waals surface area contributed by atoms with E-state index < -0.39 is 0 Å². The molecule has 3 rings (SSSR count). The van der Waals surface area contributed by atoms with Crippen molar-refractivity contribution in [3.63, 3.8) is 0 Å². The van der Waals surface area contributed by atoms with Crippen molar-refractivity contribution in [2.24, 2.45) is 7.05 Å². The molecule has 66 valence electrons. The molecule has 1 aliphatic rings. The van der Waals surface area contributed by atoms with Gasteiger partial charge in [0.2, 0.25) is 0 Å². The summed E-state index contributed by atoms with van der Waals surface area (Å²) in [6, 6.07) is 6.48. The Kier molecular flexibility index (Phi) is 1.29. The lowest BCUT2D eigenvalue weighted by Crippen LogP contribution is -1.85. The minimum Gasteiger partial charge on any atom is -0.334 e. The fourth-order valence-corrected chi connectivity index (χ4v) is 1.90. The third kappa shape index (κ3) is 0.981. The van der Waals surface area contributed by atoms with Crippen molar-refractivity contribution in [2.75, 3.05) is 0 Å². The van der Waals surface area contributed by atoms with E-state index in [1.807, 2.05) is 13.4 Å². The first-order valence-corrected chi connectivity index (χ1v) is 4.76. The summed E-state index contributed by atoms with van der Waals surface area (Å²) in [6.07, 6.45) is 4.59. The zero-order chi connectivity index (χ0) is 8.84. The number of para-hydroxylation sites is 1. The number of rotatable bonds is 1. The first-order chi connectivity index (χ1) is 6.36. The van der Waals surface area contributed by atoms with Gasteiger partial charge in [-0.2, -0.15) is 0 Å². The van der Waals surface area contributed by atoms with Crippen molar-refractivity contribution in [1.29, 1.82) is 0 Å². The van der Waals surface area contributed by atoms with Crippen LogP contribution < -0.4 is 0 Å². The molecule has 1 aliphatic carbocycles. The predicted octanol–water partition coefficient (Wildman–Crippen LogP) is 2.45. The average Bonchev–Trinajstić information content (AvgIpc) is 2.92. The van der Waals surface area contributed by atoms with Gasteiger partial charge in [0.15, 0.2) is 0 Å². The van der Waals surface area contributed by atoms with E-state index in [2.05, 4.69) is 27.8 Å². The van der Waals surface area contributed by atoms with Crippen molar-refractivity contribution in [3.05, 3.63) is 30.1 Å². The highest BCUT2D eigenvalue weighted by Gasteiger charge is 2.25. The number of hydrogen-bond acceptors (Lipinski definition) is 1. The van der Waals surface area contributed by atoms with Crippen LogP contribution in [-0.2, 0) is 7.05 Å². The van der Waals surface area contributed by atoms with E-state index in [0.717, 1.165) is 5.92 Å². The number of imidazole rings is 1. The highest BCUT2D eigenvalue weighted by atomic mass is 15.0. The third-order valence-corrected chi connectivity index (χ3v) is 2.80. The van der Waals surface area contributed by atoms with Crippen LogP contribution in [0, 0.1) is 0 Å². The Bertz CT molecular complexity index is 452. The molecule has 1 aromatic heterocycles. The first-order valence-electron chi connectivity index (χ1n) is 4.76. The highest BCUT2D eigenvalue weighted by molar-refractivity contribution is 5.79. The van der Waals surface area contributed by atoms with Gasteiger partial charge in [0.05, 0.1) is 17.4 Å². The Morgan fingerprint density at radius 2 is 2.23 bits per heavy atom. The summed E-state index contributed by atoms with van der Waals surface area (Å²) >= 11 is 0. The third-order valence-electron chi connectivity index (χ3n) is 2.80. The van der Waals surface area contributed by atoms with Gasteiger partial charge in [0.1, 0.15) is 0 Å². The van der Waals surface area contributed by atoms with Gasteiger partial charge in [-0.3, -0.25) is 0 Å². The van der Waals surface area contributed by atoms with Crippen LogP contribution >= 0.6 is 0 Å². The van der Waals surface area contributed by atoms with Crippen molar-refractivity contribution in [3.8, 4) is 0 Å². The van der Waals surface area contributed by atoms with Crippen LogP contribution in [0.5, 0.6) is 0 Å². The van der Waals surface area contributed by atoms with Gasteiger partial charge >= 0.3 is 0 Å². The summed E-state index contributed by atoms with van der Waals surface area (Å²) in [7, 11) is 2.05. The van der Waals surface area contributed by atoms with Crippen LogP contribution in [0.1, 0.15) is 24.3 Å². The Morgan fingerprint density at radius 3 is 3.00 bits per heavy atom. The SMILES string of the molecule is Cn1cnc2c(C3CC3)cccc21. The Balaban J connectivity index is 2.33. The minimum atomic E-state index is 0.790. The van der Waals surface area contributed by atoms with E-state index in [1.165, 1.54) is 29.4 Å². The van der Waals surface area contributed by atoms with Gasteiger partial charge in [0, 0.05) is 7.05 Å². The fraction of sp³-hybridized carbons (Fsp3) is 0.364. The molecule has 0 radical (unpaired) electrons. The number of benzene rings is 1. The number of aromatic nitrogens is 2. The molecule has 0 saturated heterocycles. The molecular weight excluding hydrogens is 160 g/mol. The van der Waals surface area contributed by atoms with E-state index in [0.29, 0.717) is 0 Å². The molecule has 0 bridgehead atoms. The lowest BCUT2D eigenvalue weighted by molar-refractivity contribution is 0.947. The molecule has 1 saturated carbocycles. The normalized spacial score (nSPS) is 16.7. The lowest BCUT2D eigenvalue weighted by atomic mass is 10.1. The molecular formula is C11H12N2. The van der Waals surface area contributed by atoms with Gasteiger partial charge in [-0.05, 0) is 30.4 Å². The van der Waals surface area contributed by atoms with Crippen molar-refractivity contribution in [2.45, 2.75) is 18.8 Å². The monoisotopic (exact) mass is 172 g/mol. The summed E-state index contributed by atoms with van der Waals surface area (Å²) in [5.41, 5.74) is 3.90. The molecule has 0 aliphatic heterocycles. The maximum absolute atomic E-state index is 4.44. The molecule has 2 aromatic rings.